The van der Waals surface area contributed by atoms with Gasteiger partial charge in [0.1, 0.15) is 30.0 Å². The molecule has 1 aliphatic carbocycles. The van der Waals surface area contributed by atoms with E-state index in [0.717, 1.165) is 11.3 Å². The molecule has 3 rings (SSSR count). The predicted octanol–water partition coefficient (Wildman–Crippen LogP) is 3.73. The lowest BCUT2D eigenvalue weighted by Gasteiger charge is -2.14. The maximum atomic E-state index is 13.4. The second kappa shape index (κ2) is 14.1. The fourth-order valence-corrected chi connectivity index (χ4v) is 2.66. The molecule has 1 atom stereocenters. The number of benzene rings is 1. The van der Waals surface area contributed by atoms with E-state index in [4.69, 9.17) is 14.2 Å². The molecule has 0 aromatic heterocycles. The molecule has 0 radical (unpaired) electrons. The Bertz CT molecular complexity index is 926. The molecule has 0 saturated heterocycles. The van der Waals surface area contributed by atoms with Crippen LogP contribution in [0, 0.1) is 0 Å². The highest BCUT2D eigenvalue weighted by atomic mass is 35.5. The van der Waals surface area contributed by atoms with Crippen LogP contribution >= 0.6 is 11.6 Å². The quantitative estimate of drug-likeness (QED) is 0.253. The SMILES string of the molecule is CCl.CN=CNC1=C(CNC2=CC=CC(F)C=C2)N=Cc2ccc(OCCOC)cc2O1. The van der Waals surface area contributed by atoms with Crippen LogP contribution in [0.15, 0.2) is 75.8 Å². The molecule has 0 bridgehead atoms. The summed E-state index contributed by atoms with van der Waals surface area (Å²) < 4.78 is 30.2. The first-order valence-corrected chi connectivity index (χ1v) is 10.7. The van der Waals surface area contributed by atoms with Crippen LogP contribution in [0.3, 0.4) is 0 Å². The average molecular weight is 463 g/mol. The van der Waals surface area contributed by atoms with Gasteiger partial charge in [0.2, 0.25) is 5.88 Å². The molecule has 2 aliphatic rings. The van der Waals surface area contributed by atoms with E-state index < -0.39 is 6.17 Å². The van der Waals surface area contributed by atoms with Crippen LogP contribution in [0.2, 0.25) is 0 Å². The van der Waals surface area contributed by atoms with Crippen molar-refractivity contribution in [3.63, 3.8) is 0 Å². The van der Waals surface area contributed by atoms with Crippen LogP contribution in [0.4, 0.5) is 4.39 Å². The second-order valence-electron chi connectivity index (χ2n) is 6.37. The van der Waals surface area contributed by atoms with Gasteiger partial charge in [-0.3, -0.25) is 9.98 Å². The summed E-state index contributed by atoms with van der Waals surface area (Å²) in [7, 11) is 3.28. The van der Waals surface area contributed by atoms with E-state index in [2.05, 4.69) is 32.2 Å². The normalized spacial score (nSPS) is 16.9. The molecule has 1 aliphatic heterocycles. The summed E-state index contributed by atoms with van der Waals surface area (Å²) in [6.45, 7) is 1.30. The Labute approximate surface area is 193 Å². The Hall–Kier alpha value is -3.10. The van der Waals surface area contributed by atoms with E-state index in [1.165, 1.54) is 24.9 Å². The Balaban J connectivity index is 0.00000176. The van der Waals surface area contributed by atoms with E-state index in [1.807, 2.05) is 12.1 Å². The number of nitrogens with zero attached hydrogens (tertiary/aromatic N) is 2. The van der Waals surface area contributed by atoms with Crippen molar-refractivity contribution in [2.75, 3.05) is 40.3 Å². The number of nitrogens with one attached hydrogen (secondary N) is 2. The van der Waals surface area contributed by atoms with Crippen molar-refractivity contribution in [1.82, 2.24) is 10.6 Å². The molecule has 7 nitrogen and oxygen atoms in total. The summed E-state index contributed by atoms with van der Waals surface area (Å²) in [4.78, 5) is 8.52. The molecule has 1 aromatic carbocycles. The first kappa shape index (κ1) is 25.2. The molecule has 0 saturated carbocycles. The third-order valence-electron chi connectivity index (χ3n) is 4.19. The van der Waals surface area contributed by atoms with Gasteiger partial charge in [-0.15, -0.1) is 11.6 Å². The fraction of sp³-hybridized carbons (Fsp3) is 0.304. The van der Waals surface area contributed by atoms with Gasteiger partial charge in [0.25, 0.3) is 0 Å². The second-order valence-corrected chi connectivity index (χ2v) is 6.37. The van der Waals surface area contributed by atoms with Gasteiger partial charge in [-0.1, -0.05) is 6.08 Å². The standard InChI is InChI=1S/C22H25FN4O3.CH3Cl/c1-24-15-27-22-20(14-25-18-5-3-4-17(23)7-8-18)26-13-16-6-9-19(12-21(16)30-22)29-11-10-28-2;1-2/h3-9,12-13,15,17,25H,10-11,14H2,1-2H3,(H,24,27);1H3. The number of halogens is 2. The number of ether oxygens (including phenoxy) is 3. The molecule has 32 heavy (non-hydrogen) atoms. The predicted molar refractivity (Wildman–Crippen MR) is 128 cm³/mol. The molecule has 172 valence electrons. The Morgan fingerprint density at radius 1 is 1.28 bits per heavy atom. The lowest BCUT2D eigenvalue weighted by Crippen LogP contribution is -2.23. The number of fused-ring (bicyclic) bond motifs is 1. The van der Waals surface area contributed by atoms with Gasteiger partial charge in [0.15, 0.2) is 0 Å². The monoisotopic (exact) mass is 462 g/mol. The van der Waals surface area contributed by atoms with Crippen LogP contribution < -0.4 is 20.1 Å². The van der Waals surface area contributed by atoms with Gasteiger partial charge in [-0.05, 0) is 36.4 Å². The van der Waals surface area contributed by atoms with E-state index in [1.54, 1.807) is 44.7 Å². The zero-order valence-electron chi connectivity index (χ0n) is 18.3. The maximum absolute atomic E-state index is 13.4. The number of hydrogen-bond donors (Lipinski definition) is 2. The summed E-state index contributed by atoms with van der Waals surface area (Å²) in [5.74, 6) is 1.72. The Morgan fingerprint density at radius 3 is 2.91 bits per heavy atom. The topological polar surface area (TPSA) is 76.5 Å². The Morgan fingerprint density at radius 2 is 2.12 bits per heavy atom. The zero-order valence-corrected chi connectivity index (χ0v) is 19.1. The van der Waals surface area contributed by atoms with Crippen LogP contribution in [0.25, 0.3) is 0 Å². The van der Waals surface area contributed by atoms with E-state index in [0.29, 0.717) is 42.8 Å². The van der Waals surface area contributed by atoms with Crippen molar-refractivity contribution < 1.29 is 18.6 Å². The van der Waals surface area contributed by atoms with Crippen LogP contribution in [0.1, 0.15) is 5.56 Å². The number of rotatable bonds is 9. The molecule has 2 N–H and O–H groups in total. The molecule has 0 fully saturated rings. The van der Waals surface area contributed by atoms with Gasteiger partial charge in [0.05, 0.1) is 19.5 Å². The number of methoxy groups -OCH3 is 1. The molecule has 1 heterocycles. The van der Waals surface area contributed by atoms with Crippen molar-refractivity contribution in [3.8, 4) is 11.5 Å². The molecular formula is C23H28ClFN4O3. The fourth-order valence-electron chi connectivity index (χ4n) is 2.66. The van der Waals surface area contributed by atoms with Gasteiger partial charge in [0, 0.05) is 44.1 Å². The third-order valence-corrected chi connectivity index (χ3v) is 4.19. The Kier molecular flexibility index (Phi) is 11.1. The summed E-state index contributed by atoms with van der Waals surface area (Å²) in [5, 5.41) is 6.26. The lowest BCUT2D eigenvalue weighted by molar-refractivity contribution is 0.146. The summed E-state index contributed by atoms with van der Waals surface area (Å²) in [6, 6.07) is 5.54. The van der Waals surface area contributed by atoms with Gasteiger partial charge in [-0.25, -0.2) is 4.39 Å². The summed E-state index contributed by atoms with van der Waals surface area (Å²) >= 11 is 4.64. The maximum Gasteiger partial charge on any atom is 0.222 e. The van der Waals surface area contributed by atoms with Gasteiger partial charge in [-0.2, -0.15) is 0 Å². The van der Waals surface area contributed by atoms with Crippen LogP contribution in [-0.2, 0) is 4.74 Å². The van der Waals surface area contributed by atoms with Crippen LogP contribution in [-0.4, -0.2) is 59.0 Å². The highest BCUT2D eigenvalue weighted by Crippen LogP contribution is 2.28. The third kappa shape index (κ3) is 7.86. The van der Waals surface area contributed by atoms with Gasteiger partial charge >= 0.3 is 0 Å². The number of aliphatic imine (C=N–C) groups is 2. The van der Waals surface area contributed by atoms with Crippen molar-refractivity contribution in [3.05, 3.63) is 71.4 Å². The number of hydrogen-bond acceptors (Lipinski definition) is 6. The largest absolute Gasteiger partial charge is 0.491 e. The molecule has 0 amide bonds. The number of allylic oxidation sites excluding steroid dienone is 5. The van der Waals surface area contributed by atoms with Crippen molar-refractivity contribution in [2.45, 2.75) is 6.17 Å². The molecule has 1 unspecified atom stereocenters. The first-order valence-electron chi connectivity index (χ1n) is 9.90. The summed E-state index contributed by atoms with van der Waals surface area (Å²) in [6.07, 6.45) is 11.8. The zero-order chi connectivity index (χ0) is 23.2. The number of alkyl halides is 2. The average Bonchev–Trinajstić information content (AvgIpc) is 3.13. The first-order chi connectivity index (χ1) is 15.7. The minimum atomic E-state index is -1.09. The lowest BCUT2D eigenvalue weighted by atomic mass is 10.2. The van der Waals surface area contributed by atoms with E-state index in [-0.39, 0.29) is 0 Å². The van der Waals surface area contributed by atoms with Crippen LogP contribution in [0.5, 0.6) is 11.5 Å². The molecule has 1 aromatic rings. The highest BCUT2D eigenvalue weighted by molar-refractivity contribution is 6.15. The van der Waals surface area contributed by atoms with E-state index >= 15 is 0 Å². The molecular weight excluding hydrogens is 435 g/mol. The minimum Gasteiger partial charge on any atom is -0.491 e. The summed E-state index contributed by atoms with van der Waals surface area (Å²) in [5.41, 5.74) is 2.22. The van der Waals surface area contributed by atoms with Crippen molar-refractivity contribution >= 4 is 24.2 Å². The van der Waals surface area contributed by atoms with Gasteiger partial charge < -0.3 is 24.8 Å². The van der Waals surface area contributed by atoms with Crippen molar-refractivity contribution in [1.29, 1.82) is 0 Å². The minimum absolute atomic E-state index is 0.364. The van der Waals surface area contributed by atoms with E-state index in [9.17, 15) is 4.39 Å². The molecule has 9 heteroatoms. The highest BCUT2D eigenvalue weighted by Gasteiger charge is 2.16. The molecule has 0 spiro atoms. The van der Waals surface area contributed by atoms with Crippen molar-refractivity contribution in [2.24, 2.45) is 9.98 Å². The smallest absolute Gasteiger partial charge is 0.222 e.